The van der Waals surface area contributed by atoms with Crippen molar-refractivity contribution in [1.29, 1.82) is 0 Å². The van der Waals surface area contributed by atoms with Crippen LogP contribution < -0.4 is 10.9 Å². The van der Waals surface area contributed by atoms with Gasteiger partial charge in [-0.25, -0.2) is 4.98 Å². The van der Waals surface area contributed by atoms with E-state index in [1.807, 2.05) is 6.07 Å². The van der Waals surface area contributed by atoms with E-state index in [-0.39, 0.29) is 5.56 Å². The number of hydrogen-bond acceptors (Lipinski definition) is 5. The number of nitrogens with one attached hydrogen (secondary N) is 1. The third-order valence-electron chi connectivity index (χ3n) is 3.70. The Balaban J connectivity index is 1.67. The summed E-state index contributed by atoms with van der Waals surface area (Å²) in [7, 11) is 0. The van der Waals surface area contributed by atoms with Gasteiger partial charge in [-0.05, 0) is 30.0 Å². The highest BCUT2D eigenvalue weighted by atomic mass is 79.9. The summed E-state index contributed by atoms with van der Waals surface area (Å²) in [6.07, 6.45) is 3.59. The molecule has 2 aromatic heterocycles. The maximum Gasteiger partial charge on any atom is 0.275 e. The average Bonchev–Trinajstić information content (AvgIpc) is 2.96. The minimum atomic E-state index is -0.152. The van der Waals surface area contributed by atoms with Gasteiger partial charge in [-0.3, -0.25) is 4.79 Å². The number of anilines is 1. The van der Waals surface area contributed by atoms with Crippen molar-refractivity contribution in [3.63, 3.8) is 0 Å². The molecule has 3 aromatic rings. The quantitative estimate of drug-likeness (QED) is 0.695. The molecule has 120 valence electrons. The molecule has 1 atom stereocenters. The smallest absolute Gasteiger partial charge is 0.275 e. The van der Waals surface area contributed by atoms with Crippen LogP contribution in [0.5, 0.6) is 0 Å². The van der Waals surface area contributed by atoms with Gasteiger partial charge in [0.05, 0.1) is 0 Å². The fourth-order valence-electron chi connectivity index (χ4n) is 2.40. The van der Waals surface area contributed by atoms with E-state index in [0.29, 0.717) is 10.9 Å². The lowest BCUT2D eigenvalue weighted by molar-refractivity contribution is 0.533. The molecule has 0 aliphatic heterocycles. The third kappa shape index (κ3) is 3.97. The number of benzene rings is 1. The molecule has 0 radical (unpaired) electrons. The van der Waals surface area contributed by atoms with E-state index in [1.54, 1.807) is 0 Å². The molecule has 0 aliphatic rings. The van der Waals surface area contributed by atoms with Crippen molar-refractivity contribution in [2.45, 2.75) is 19.8 Å². The van der Waals surface area contributed by atoms with Gasteiger partial charge in [0.25, 0.3) is 5.56 Å². The predicted molar refractivity (Wildman–Crippen MR) is 97.3 cm³/mol. The van der Waals surface area contributed by atoms with Gasteiger partial charge in [0.1, 0.15) is 0 Å². The average molecular weight is 393 g/mol. The molecule has 1 aromatic carbocycles. The van der Waals surface area contributed by atoms with E-state index < -0.39 is 0 Å². The maximum atomic E-state index is 11.7. The summed E-state index contributed by atoms with van der Waals surface area (Å²) < 4.78 is 2.44. The zero-order valence-electron chi connectivity index (χ0n) is 12.7. The van der Waals surface area contributed by atoms with Crippen LogP contribution in [-0.2, 0) is 6.42 Å². The number of fused-ring (bicyclic) bond motifs is 1. The second-order valence-electron chi connectivity index (χ2n) is 5.37. The van der Waals surface area contributed by atoms with Crippen molar-refractivity contribution in [2.75, 3.05) is 11.9 Å². The van der Waals surface area contributed by atoms with E-state index in [2.05, 4.69) is 56.5 Å². The first-order valence-electron chi connectivity index (χ1n) is 7.49. The fourth-order valence-corrected chi connectivity index (χ4v) is 3.63. The largest absolute Gasteiger partial charge is 0.360 e. The summed E-state index contributed by atoms with van der Waals surface area (Å²) in [5, 5.41) is 8.35. The molecule has 1 N–H and O–H groups in total. The Morgan fingerprint density at radius 3 is 3.00 bits per heavy atom. The predicted octanol–water partition coefficient (Wildman–Crippen LogP) is 3.59. The van der Waals surface area contributed by atoms with Gasteiger partial charge in [-0.2, -0.15) is 4.52 Å². The van der Waals surface area contributed by atoms with Gasteiger partial charge < -0.3 is 5.32 Å². The van der Waals surface area contributed by atoms with E-state index in [1.165, 1.54) is 33.7 Å². The van der Waals surface area contributed by atoms with Crippen molar-refractivity contribution in [3.8, 4) is 0 Å². The second-order valence-corrected chi connectivity index (χ2v) is 7.25. The SMILES string of the molecule is CCC(CNc1nn2c(=O)ccnc2s1)Cc1cccc(Br)c1. The number of halogens is 1. The molecule has 1 unspecified atom stereocenters. The van der Waals surface area contributed by atoms with Gasteiger partial charge in [-0.15, -0.1) is 5.10 Å². The molecule has 0 spiro atoms. The molecular formula is C16H17BrN4OS. The Kier molecular flexibility index (Phi) is 5.07. The van der Waals surface area contributed by atoms with Crippen LogP contribution in [0.15, 0.2) is 45.8 Å². The minimum absolute atomic E-state index is 0.152. The second kappa shape index (κ2) is 7.23. The van der Waals surface area contributed by atoms with Gasteiger partial charge in [0.2, 0.25) is 10.1 Å². The van der Waals surface area contributed by atoms with Crippen molar-refractivity contribution in [2.24, 2.45) is 5.92 Å². The van der Waals surface area contributed by atoms with Crippen molar-refractivity contribution >= 4 is 37.4 Å². The molecule has 5 nitrogen and oxygen atoms in total. The van der Waals surface area contributed by atoms with E-state index >= 15 is 0 Å². The van der Waals surface area contributed by atoms with Crippen molar-refractivity contribution in [3.05, 3.63) is 56.9 Å². The summed E-state index contributed by atoms with van der Waals surface area (Å²) in [6, 6.07) is 9.82. The van der Waals surface area contributed by atoms with Gasteiger partial charge in [0.15, 0.2) is 0 Å². The van der Waals surface area contributed by atoms with Crippen LogP contribution in [0.25, 0.3) is 4.96 Å². The lowest BCUT2D eigenvalue weighted by Crippen LogP contribution is -2.17. The summed E-state index contributed by atoms with van der Waals surface area (Å²) >= 11 is 4.91. The molecule has 3 rings (SSSR count). The van der Waals surface area contributed by atoms with Crippen molar-refractivity contribution < 1.29 is 0 Å². The summed E-state index contributed by atoms with van der Waals surface area (Å²) in [5.74, 6) is 0.501. The lowest BCUT2D eigenvalue weighted by atomic mass is 9.97. The zero-order valence-corrected chi connectivity index (χ0v) is 15.1. The summed E-state index contributed by atoms with van der Waals surface area (Å²) in [5.41, 5.74) is 1.16. The minimum Gasteiger partial charge on any atom is -0.360 e. The van der Waals surface area contributed by atoms with E-state index in [9.17, 15) is 4.79 Å². The van der Waals surface area contributed by atoms with Crippen LogP contribution in [0.3, 0.4) is 0 Å². The normalized spacial score (nSPS) is 12.4. The molecule has 23 heavy (non-hydrogen) atoms. The highest BCUT2D eigenvalue weighted by Crippen LogP contribution is 2.20. The molecule has 0 saturated carbocycles. The van der Waals surface area contributed by atoms with Crippen LogP contribution in [0.4, 0.5) is 5.13 Å². The van der Waals surface area contributed by atoms with Gasteiger partial charge >= 0.3 is 0 Å². The molecule has 0 bridgehead atoms. The number of hydrogen-bond donors (Lipinski definition) is 1. The molecule has 0 saturated heterocycles. The number of nitrogens with zero attached hydrogens (tertiary/aromatic N) is 3. The van der Waals surface area contributed by atoms with Crippen LogP contribution >= 0.6 is 27.3 Å². The van der Waals surface area contributed by atoms with E-state index in [0.717, 1.165) is 29.0 Å². The molecule has 0 aliphatic carbocycles. The molecule has 0 fully saturated rings. The number of rotatable bonds is 6. The lowest BCUT2D eigenvalue weighted by Gasteiger charge is -2.15. The Bertz CT molecular complexity index is 860. The van der Waals surface area contributed by atoms with E-state index in [4.69, 9.17) is 0 Å². The highest BCUT2D eigenvalue weighted by Gasteiger charge is 2.11. The summed E-state index contributed by atoms with van der Waals surface area (Å²) in [4.78, 5) is 16.5. The molecular weight excluding hydrogens is 376 g/mol. The first-order valence-corrected chi connectivity index (χ1v) is 9.10. The molecule has 7 heteroatoms. The zero-order chi connectivity index (χ0) is 16.2. The molecule has 0 amide bonds. The standard InChI is InChI=1S/C16H17BrN4OS/c1-2-11(8-12-4-3-5-13(17)9-12)10-19-15-20-21-14(22)6-7-18-16(21)23-15/h3-7,9,11H,2,8,10H2,1H3,(H,19,20). The first-order chi connectivity index (χ1) is 11.2. The Hall–Kier alpha value is -1.73. The third-order valence-corrected chi connectivity index (χ3v) is 5.08. The Morgan fingerprint density at radius 2 is 2.26 bits per heavy atom. The van der Waals surface area contributed by atoms with Gasteiger partial charge in [-0.1, -0.05) is 52.7 Å². The van der Waals surface area contributed by atoms with Crippen LogP contribution in [-0.4, -0.2) is 21.1 Å². The Morgan fingerprint density at radius 1 is 1.39 bits per heavy atom. The van der Waals surface area contributed by atoms with Crippen LogP contribution in [0, 0.1) is 5.92 Å². The monoisotopic (exact) mass is 392 g/mol. The Labute approximate surface area is 146 Å². The fraction of sp³-hybridized carbons (Fsp3) is 0.312. The van der Waals surface area contributed by atoms with Gasteiger partial charge in [0, 0.05) is 23.3 Å². The topological polar surface area (TPSA) is 59.3 Å². The highest BCUT2D eigenvalue weighted by molar-refractivity contribution is 9.10. The summed E-state index contributed by atoms with van der Waals surface area (Å²) in [6.45, 7) is 3.01. The van der Waals surface area contributed by atoms with Crippen LogP contribution in [0.1, 0.15) is 18.9 Å². The maximum absolute atomic E-state index is 11.7. The van der Waals surface area contributed by atoms with Crippen molar-refractivity contribution in [1.82, 2.24) is 14.6 Å². The first kappa shape index (κ1) is 16.1. The molecule has 2 heterocycles. The number of aromatic nitrogens is 3. The van der Waals surface area contributed by atoms with Crippen LogP contribution in [0.2, 0.25) is 0 Å².